The predicted octanol–water partition coefficient (Wildman–Crippen LogP) is 0.0265. The van der Waals surface area contributed by atoms with E-state index in [9.17, 15) is 4.39 Å². The average Bonchev–Trinajstić information content (AvgIpc) is 1.41. The number of halogens is 1. The first kappa shape index (κ1) is 4.16. The van der Waals surface area contributed by atoms with E-state index in [1.807, 2.05) is 0 Å². The van der Waals surface area contributed by atoms with Crippen molar-refractivity contribution in [3.63, 3.8) is 0 Å². The fourth-order valence-electron chi connectivity index (χ4n) is 0.0193. The summed E-state index contributed by atoms with van der Waals surface area (Å²) >= 11 is 0. The normalized spacial score (nSPS) is 4.20. The van der Waals surface area contributed by atoms with Gasteiger partial charge in [-0.15, -0.1) is 4.39 Å². The fraction of sp³-hybridized carbons (Fsp3) is 0. The van der Waals surface area contributed by atoms with Crippen LogP contribution in [0.1, 0.15) is 0 Å². The van der Waals surface area contributed by atoms with Crippen molar-refractivity contribution in [1.29, 1.82) is 0 Å². The monoisotopic (exact) mass is 71.0 g/mol. The molecular weight excluding hydrogens is 71.0 g/mol. The molecule has 1 radical (unpaired) electrons. The topological polar surface area (TPSA) is 17.1 Å². The van der Waals surface area contributed by atoms with E-state index in [4.69, 9.17) is 4.79 Å². The minimum atomic E-state index is 0.844. The van der Waals surface area contributed by atoms with Crippen molar-refractivity contribution in [1.82, 2.24) is 0 Å². The summed E-state index contributed by atoms with van der Waals surface area (Å²) in [7, 11) is 0. The van der Waals surface area contributed by atoms with E-state index in [2.05, 4.69) is 0 Å². The van der Waals surface area contributed by atoms with Gasteiger partial charge >= 0.3 is 0 Å². The van der Waals surface area contributed by atoms with E-state index in [0.29, 0.717) is 0 Å². The van der Waals surface area contributed by atoms with Crippen LogP contribution in [0.15, 0.2) is 0 Å². The van der Waals surface area contributed by atoms with Crippen LogP contribution in [-0.4, -0.2) is 6.29 Å². The van der Waals surface area contributed by atoms with Gasteiger partial charge < -0.3 is 0 Å². The van der Waals surface area contributed by atoms with Crippen molar-refractivity contribution in [2.24, 2.45) is 0 Å². The van der Waals surface area contributed by atoms with Gasteiger partial charge in [0.2, 0.25) is 0 Å². The number of hydrogen-bond donors (Lipinski definition) is 0. The van der Waals surface area contributed by atoms with E-state index in [-0.39, 0.29) is 0 Å². The van der Waals surface area contributed by atoms with Gasteiger partial charge in [0.15, 0.2) is 0 Å². The molecule has 0 N–H and O–H groups in total. The molecule has 0 fully saturated rings. The number of rotatable bonds is 0. The highest BCUT2D eigenvalue weighted by Crippen LogP contribution is 1.44. The second-order valence-electron chi connectivity index (χ2n) is 0.322. The lowest BCUT2D eigenvalue weighted by molar-refractivity contribution is 0.565. The van der Waals surface area contributed by atoms with Gasteiger partial charge in [-0.3, -0.25) is 4.79 Å². The quantitative estimate of drug-likeness (QED) is 0.368. The molecule has 0 heterocycles. The van der Waals surface area contributed by atoms with E-state index in [0.717, 1.165) is 12.5 Å². The highest BCUT2D eigenvalue weighted by atomic mass is 19.1. The molecule has 0 aliphatic rings. The Balaban J connectivity index is 3.16. The predicted molar refractivity (Wildman–Crippen MR) is 14.6 cm³/mol. The number of carbonyl (C=O) groups excluding carboxylic acids is 1. The van der Waals surface area contributed by atoms with Crippen LogP contribution in [0.3, 0.4) is 0 Å². The summed E-state index contributed by atoms with van der Waals surface area (Å²) in [6.45, 7) is 0. The molecule has 25 valence electrons. The van der Waals surface area contributed by atoms with Crippen LogP contribution in [-0.2, 0) is 4.79 Å². The molecule has 0 spiro atoms. The molecule has 0 unspecified atom stereocenters. The largest absolute Gasteiger partial charge is 0.287 e. The smallest absolute Gasteiger partial charge is 0.275 e. The Morgan fingerprint density at radius 3 is 2.20 bits per heavy atom. The Bertz CT molecular complexity index is 76.6. The lowest BCUT2D eigenvalue weighted by Crippen LogP contribution is -1.50. The zero-order valence-corrected chi connectivity index (χ0v) is 2.29. The van der Waals surface area contributed by atoms with Gasteiger partial charge in [0.1, 0.15) is 6.17 Å². The lowest BCUT2D eigenvalue weighted by atomic mass is 10.8. The minimum Gasteiger partial charge on any atom is -0.275 e. The van der Waals surface area contributed by atoms with Crippen molar-refractivity contribution in [3.05, 3.63) is 0 Å². The highest BCUT2D eigenvalue weighted by molar-refractivity contribution is 5.72. The second-order valence-corrected chi connectivity index (χ2v) is 0.322. The van der Waals surface area contributed by atoms with E-state index in [1.165, 1.54) is 5.92 Å². The Kier molecular flexibility index (Phi) is 2.63. The molecule has 0 aromatic carbocycles. The summed E-state index contributed by atoms with van der Waals surface area (Å²) in [5.74, 6) is 1.39. The van der Waals surface area contributed by atoms with Crippen LogP contribution >= 0.6 is 0 Å². The van der Waals surface area contributed by atoms with Crippen molar-refractivity contribution >= 4 is 6.29 Å². The van der Waals surface area contributed by atoms with Crippen molar-refractivity contribution < 1.29 is 9.18 Å². The van der Waals surface area contributed by atoms with E-state index >= 15 is 0 Å². The van der Waals surface area contributed by atoms with Crippen LogP contribution in [0, 0.1) is 12.1 Å². The SMILES string of the molecule is O=[C]C#CF. The Morgan fingerprint density at radius 2 is 2.20 bits per heavy atom. The third kappa shape index (κ3) is 3.16. The van der Waals surface area contributed by atoms with E-state index in [1.54, 1.807) is 0 Å². The number of hydrogen-bond acceptors (Lipinski definition) is 1. The third-order valence-electron chi connectivity index (χ3n) is 0.0983. The summed E-state index contributed by atoms with van der Waals surface area (Å²) in [4.78, 5) is 8.87. The summed E-state index contributed by atoms with van der Waals surface area (Å²) < 4.78 is 10.4. The Morgan fingerprint density at radius 1 is 1.60 bits per heavy atom. The summed E-state index contributed by atoms with van der Waals surface area (Å²) in [6, 6.07) is 0. The molecule has 0 aliphatic carbocycles. The molecule has 1 nitrogen and oxygen atoms in total. The zero-order valence-electron chi connectivity index (χ0n) is 2.29. The van der Waals surface area contributed by atoms with Gasteiger partial charge in [-0.2, -0.15) is 0 Å². The summed E-state index contributed by atoms with van der Waals surface area (Å²) in [6.07, 6.45) is 1.88. The standard InChI is InChI=1S/C3FO/c4-2-1-3-5. The van der Waals surface area contributed by atoms with Crippen molar-refractivity contribution in [2.45, 2.75) is 0 Å². The molecule has 0 aromatic rings. The minimum absolute atomic E-state index is 0.844. The maximum absolute atomic E-state index is 10.4. The van der Waals surface area contributed by atoms with Crippen LogP contribution in [0.5, 0.6) is 0 Å². The third-order valence-corrected chi connectivity index (χ3v) is 0.0983. The molecule has 5 heavy (non-hydrogen) atoms. The summed E-state index contributed by atoms with van der Waals surface area (Å²) in [5, 5.41) is 0. The van der Waals surface area contributed by atoms with Crippen LogP contribution in [0.2, 0.25) is 0 Å². The fourth-order valence-corrected chi connectivity index (χ4v) is 0.0193. The first-order valence-corrected chi connectivity index (χ1v) is 0.893. The lowest BCUT2D eigenvalue weighted by Gasteiger charge is -1.35. The van der Waals surface area contributed by atoms with Gasteiger partial charge in [-0.1, -0.05) is 0 Å². The molecule has 0 aromatic heterocycles. The zero-order chi connectivity index (χ0) is 4.12. The molecule has 0 aliphatic heterocycles. The summed E-state index contributed by atoms with van der Waals surface area (Å²) in [5.41, 5.74) is 0. The van der Waals surface area contributed by atoms with Crippen LogP contribution < -0.4 is 0 Å². The second kappa shape index (κ2) is 3.16. The van der Waals surface area contributed by atoms with Gasteiger partial charge in [0.05, 0.1) is 0 Å². The molecule has 0 saturated heterocycles. The Hall–Kier alpha value is -0.840. The van der Waals surface area contributed by atoms with Gasteiger partial charge in [-0.25, -0.2) is 0 Å². The molecule has 0 bridgehead atoms. The first-order chi connectivity index (χ1) is 2.41. The first-order valence-electron chi connectivity index (χ1n) is 0.893. The van der Waals surface area contributed by atoms with Gasteiger partial charge in [0, 0.05) is 5.92 Å². The Labute approximate surface area is 28.8 Å². The highest BCUT2D eigenvalue weighted by Gasteiger charge is 1.51. The van der Waals surface area contributed by atoms with Crippen molar-refractivity contribution in [3.8, 4) is 12.1 Å². The maximum atomic E-state index is 10.4. The maximum Gasteiger partial charge on any atom is 0.287 e. The molecule has 0 rings (SSSR count). The van der Waals surface area contributed by atoms with Crippen LogP contribution in [0.4, 0.5) is 4.39 Å². The van der Waals surface area contributed by atoms with Crippen molar-refractivity contribution in [2.75, 3.05) is 0 Å². The molecule has 2 heteroatoms. The molecule has 0 amide bonds. The van der Waals surface area contributed by atoms with E-state index < -0.39 is 0 Å². The average molecular weight is 71.0 g/mol. The van der Waals surface area contributed by atoms with Crippen LogP contribution in [0.25, 0.3) is 0 Å². The molecule has 0 atom stereocenters. The molecular formula is C3FO. The van der Waals surface area contributed by atoms with Gasteiger partial charge in [0.25, 0.3) is 6.29 Å². The van der Waals surface area contributed by atoms with Gasteiger partial charge in [-0.05, 0) is 0 Å². The molecule has 0 saturated carbocycles.